The molecule has 0 aliphatic carbocycles. The maximum absolute atomic E-state index is 6.00. The van der Waals surface area contributed by atoms with Gasteiger partial charge in [-0.25, -0.2) is 4.98 Å². The predicted octanol–water partition coefficient (Wildman–Crippen LogP) is 1.89. The van der Waals surface area contributed by atoms with Crippen LogP contribution in [-0.4, -0.2) is 49.2 Å². The van der Waals surface area contributed by atoms with Gasteiger partial charge < -0.3 is 15.5 Å². The van der Waals surface area contributed by atoms with Gasteiger partial charge in [0.1, 0.15) is 5.82 Å². The third-order valence-corrected chi connectivity index (χ3v) is 4.08. The van der Waals surface area contributed by atoms with E-state index < -0.39 is 0 Å². The molecule has 2 N–H and O–H groups in total. The molecule has 1 fully saturated rings. The number of nitrogens with zero attached hydrogens (tertiary/aromatic N) is 3. The summed E-state index contributed by atoms with van der Waals surface area (Å²) in [6.07, 6.45) is 6.46. The summed E-state index contributed by atoms with van der Waals surface area (Å²) in [5.41, 5.74) is 7.24. The standard InChI is InChI=1S/C16H28N4/c1-4-14(17)10-13-7-8-16(18-11-13)20-9-5-6-15(20)12-19(2)3/h7-8,11,14-15H,4-6,9-10,12,17H2,1-3H3. The number of anilines is 1. The number of hydrogen-bond donors (Lipinski definition) is 1. The van der Waals surface area contributed by atoms with Gasteiger partial charge in [0, 0.05) is 31.4 Å². The molecule has 4 nitrogen and oxygen atoms in total. The number of likely N-dealkylation sites (N-methyl/N-ethyl adjacent to an activating group) is 1. The lowest BCUT2D eigenvalue weighted by Crippen LogP contribution is -2.38. The van der Waals surface area contributed by atoms with Crippen molar-refractivity contribution in [1.82, 2.24) is 9.88 Å². The van der Waals surface area contributed by atoms with Crippen molar-refractivity contribution in [2.45, 2.75) is 44.7 Å². The van der Waals surface area contributed by atoms with Crippen molar-refractivity contribution in [3.05, 3.63) is 23.9 Å². The van der Waals surface area contributed by atoms with Crippen LogP contribution >= 0.6 is 0 Å². The van der Waals surface area contributed by atoms with Crippen LogP contribution in [0.4, 0.5) is 5.82 Å². The van der Waals surface area contributed by atoms with Crippen LogP contribution in [0.2, 0.25) is 0 Å². The van der Waals surface area contributed by atoms with E-state index in [1.165, 1.54) is 18.4 Å². The van der Waals surface area contributed by atoms with E-state index in [9.17, 15) is 0 Å². The lowest BCUT2D eigenvalue weighted by molar-refractivity contribution is 0.371. The maximum atomic E-state index is 6.00. The van der Waals surface area contributed by atoms with Crippen LogP contribution in [0.15, 0.2) is 18.3 Å². The van der Waals surface area contributed by atoms with E-state index in [4.69, 9.17) is 5.73 Å². The highest BCUT2D eigenvalue weighted by atomic mass is 15.3. The van der Waals surface area contributed by atoms with Crippen LogP contribution in [0.3, 0.4) is 0 Å². The quantitative estimate of drug-likeness (QED) is 0.862. The molecule has 2 rings (SSSR count). The molecule has 2 heterocycles. The van der Waals surface area contributed by atoms with E-state index in [1.807, 2.05) is 6.20 Å². The first kappa shape index (κ1) is 15.3. The van der Waals surface area contributed by atoms with Crippen molar-refractivity contribution in [3.8, 4) is 0 Å². The second-order valence-electron chi connectivity index (χ2n) is 6.15. The number of aromatic nitrogens is 1. The zero-order valence-electron chi connectivity index (χ0n) is 13.0. The fourth-order valence-electron chi connectivity index (χ4n) is 2.90. The Morgan fingerprint density at radius 3 is 2.85 bits per heavy atom. The summed E-state index contributed by atoms with van der Waals surface area (Å²) in [7, 11) is 4.28. The van der Waals surface area contributed by atoms with E-state index in [2.05, 4.69) is 47.9 Å². The van der Waals surface area contributed by atoms with Gasteiger partial charge >= 0.3 is 0 Å². The van der Waals surface area contributed by atoms with Gasteiger partial charge in [-0.1, -0.05) is 13.0 Å². The average Bonchev–Trinajstić information content (AvgIpc) is 2.87. The Bertz CT molecular complexity index is 401. The number of nitrogens with two attached hydrogens (primary N) is 1. The van der Waals surface area contributed by atoms with Crippen molar-refractivity contribution in [1.29, 1.82) is 0 Å². The topological polar surface area (TPSA) is 45.4 Å². The Hall–Kier alpha value is -1.13. The zero-order chi connectivity index (χ0) is 14.5. The smallest absolute Gasteiger partial charge is 0.128 e. The first-order valence-electron chi connectivity index (χ1n) is 7.72. The van der Waals surface area contributed by atoms with Crippen LogP contribution in [-0.2, 0) is 6.42 Å². The fourth-order valence-corrected chi connectivity index (χ4v) is 2.90. The summed E-state index contributed by atoms with van der Waals surface area (Å²) in [6.45, 7) is 4.35. The molecule has 0 amide bonds. The monoisotopic (exact) mass is 276 g/mol. The van der Waals surface area contributed by atoms with Crippen LogP contribution < -0.4 is 10.6 Å². The van der Waals surface area contributed by atoms with Crippen LogP contribution in [0.1, 0.15) is 31.7 Å². The molecule has 0 saturated carbocycles. The highest BCUT2D eigenvalue weighted by Gasteiger charge is 2.25. The molecule has 1 aliphatic rings. The van der Waals surface area contributed by atoms with Crippen LogP contribution in [0, 0.1) is 0 Å². The molecule has 4 heteroatoms. The van der Waals surface area contributed by atoms with Gasteiger partial charge in [0.05, 0.1) is 0 Å². The van der Waals surface area contributed by atoms with Gasteiger partial charge in [0.25, 0.3) is 0 Å². The van der Waals surface area contributed by atoms with E-state index in [0.717, 1.165) is 31.7 Å². The first-order valence-corrected chi connectivity index (χ1v) is 7.72. The van der Waals surface area contributed by atoms with Gasteiger partial charge in [-0.2, -0.15) is 0 Å². The minimum Gasteiger partial charge on any atom is -0.352 e. The minimum absolute atomic E-state index is 0.246. The third-order valence-electron chi connectivity index (χ3n) is 4.08. The van der Waals surface area contributed by atoms with Crippen molar-refractivity contribution >= 4 is 5.82 Å². The van der Waals surface area contributed by atoms with E-state index in [-0.39, 0.29) is 6.04 Å². The molecule has 0 aromatic carbocycles. The Morgan fingerprint density at radius 2 is 2.25 bits per heavy atom. The van der Waals surface area contributed by atoms with Crippen molar-refractivity contribution in [2.75, 3.05) is 32.1 Å². The summed E-state index contributed by atoms with van der Waals surface area (Å²) in [4.78, 5) is 9.37. The Kier molecular flexibility index (Phi) is 5.38. The van der Waals surface area contributed by atoms with E-state index in [0.29, 0.717) is 6.04 Å². The number of pyridine rings is 1. The lowest BCUT2D eigenvalue weighted by atomic mass is 10.1. The number of hydrogen-bond acceptors (Lipinski definition) is 4. The highest BCUT2D eigenvalue weighted by molar-refractivity contribution is 5.42. The van der Waals surface area contributed by atoms with Gasteiger partial charge in [0.15, 0.2) is 0 Å². The number of rotatable bonds is 6. The van der Waals surface area contributed by atoms with Crippen molar-refractivity contribution in [3.63, 3.8) is 0 Å². The first-order chi connectivity index (χ1) is 9.60. The SMILES string of the molecule is CCC(N)Cc1ccc(N2CCCC2CN(C)C)nc1. The second kappa shape index (κ2) is 7.04. The van der Waals surface area contributed by atoms with Gasteiger partial charge in [0.2, 0.25) is 0 Å². The summed E-state index contributed by atoms with van der Waals surface area (Å²) >= 11 is 0. The highest BCUT2D eigenvalue weighted by Crippen LogP contribution is 2.24. The summed E-state index contributed by atoms with van der Waals surface area (Å²) in [5, 5.41) is 0. The minimum atomic E-state index is 0.246. The average molecular weight is 276 g/mol. The maximum Gasteiger partial charge on any atom is 0.128 e. The van der Waals surface area contributed by atoms with Gasteiger partial charge in [-0.05, 0) is 51.4 Å². The van der Waals surface area contributed by atoms with Gasteiger partial charge in [-0.15, -0.1) is 0 Å². The van der Waals surface area contributed by atoms with E-state index in [1.54, 1.807) is 0 Å². The predicted molar refractivity (Wildman–Crippen MR) is 85.1 cm³/mol. The van der Waals surface area contributed by atoms with Crippen LogP contribution in [0.25, 0.3) is 0 Å². The third kappa shape index (κ3) is 3.93. The zero-order valence-corrected chi connectivity index (χ0v) is 13.0. The van der Waals surface area contributed by atoms with Crippen LogP contribution in [0.5, 0.6) is 0 Å². The molecule has 0 radical (unpaired) electrons. The molecule has 1 aromatic heterocycles. The molecule has 0 bridgehead atoms. The molecular weight excluding hydrogens is 248 g/mol. The molecule has 1 aliphatic heterocycles. The molecule has 0 spiro atoms. The summed E-state index contributed by atoms with van der Waals surface area (Å²) < 4.78 is 0. The Labute approximate surface area is 123 Å². The molecule has 20 heavy (non-hydrogen) atoms. The molecule has 2 atom stereocenters. The molecule has 112 valence electrons. The fraction of sp³-hybridized carbons (Fsp3) is 0.688. The molecular formula is C16H28N4. The lowest BCUT2D eigenvalue weighted by Gasteiger charge is -2.28. The molecule has 2 unspecified atom stereocenters. The summed E-state index contributed by atoms with van der Waals surface area (Å²) in [5.74, 6) is 1.11. The Morgan fingerprint density at radius 1 is 1.45 bits per heavy atom. The van der Waals surface area contributed by atoms with Crippen molar-refractivity contribution < 1.29 is 0 Å². The van der Waals surface area contributed by atoms with E-state index >= 15 is 0 Å². The summed E-state index contributed by atoms with van der Waals surface area (Å²) in [6, 6.07) is 5.19. The molecule has 1 saturated heterocycles. The normalized spacial score (nSPS) is 20.6. The second-order valence-corrected chi connectivity index (χ2v) is 6.15. The largest absolute Gasteiger partial charge is 0.352 e. The molecule has 1 aromatic rings. The van der Waals surface area contributed by atoms with Gasteiger partial charge in [-0.3, -0.25) is 0 Å². The Balaban J connectivity index is 2.01. The van der Waals surface area contributed by atoms with Crippen molar-refractivity contribution in [2.24, 2.45) is 5.73 Å².